The normalized spacial score (nSPS) is 20.1. The summed E-state index contributed by atoms with van der Waals surface area (Å²) in [6, 6.07) is 1.86. The van der Waals surface area contributed by atoms with Crippen molar-refractivity contribution >= 4 is 28.2 Å². The van der Waals surface area contributed by atoms with Crippen molar-refractivity contribution in [3.63, 3.8) is 0 Å². The first kappa shape index (κ1) is 17.9. The van der Waals surface area contributed by atoms with Gasteiger partial charge in [-0.25, -0.2) is 0 Å². The number of hydrogen-bond acceptors (Lipinski definition) is 4. The van der Waals surface area contributed by atoms with E-state index in [0.29, 0.717) is 23.5 Å². The van der Waals surface area contributed by atoms with E-state index in [1.807, 2.05) is 13.8 Å². The van der Waals surface area contributed by atoms with E-state index in [9.17, 15) is 14.9 Å². The largest absolute Gasteiger partial charge is 0.330 e. The number of carbonyl (C=O) groups excluding carboxylic acids is 2. The van der Waals surface area contributed by atoms with Crippen LogP contribution in [0.1, 0.15) is 62.0 Å². The molecule has 0 radical (unpaired) electrons. The zero-order chi connectivity index (χ0) is 18.0. The van der Waals surface area contributed by atoms with Crippen molar-refractivity contribution in [3.05, 3.63) is 16.0 Å². The Morgan fingerprint density at radius 1 is 1.24 bits per heavy atom. The molecule has 3 rings (SSSR count). The lowest BCUT2D eigenvalue weighted by Gasteiger charge is -2.35. The van der Waals surface area contributed by atoms with Gasteiger partial charge in [-0.15, -0.1) is 11.3 Å². The van der Waals surface area contributed by atoms with E-state index in [1.165, 1.54) is 16.2 Å². The molecule has 0 bridgehead atoms. The summed E-state index contributed by atoms with van der Waals surface area (Å²) in [5.41, 5.74) is 1.75. The van der Waals surface area contributed by atoms with Crippen LogP contribution in [0.4, 0.5) is 5.00 Å². The van der Waals surface area contributed by atoms with Crippen molar-refractivity contribution in [1.29, 1.82) is 5.26 Å². The third kappa shape index (κ3) is 3.57. The van der Waals surface area contributed by atoms with Gasteiger partial charge in [-0.2, -0.15) is 5.26 Å². The summed E-state index contributed by atoms with van der Waals surface area (Å²) < 4.78 is 0. The number of anilines is 1. The number of rotatable bonds is 3. The highest BCUT2D eigenvalue weighted by molar-refractivity contribution is 7.16. The van der Waals surface area contributed by atoms with Gasteiger partial charge in [0.1, 0.15) is 17.1 Å². The lowest BCUT2D eigenvalue weighted by Crippen LogP contribution is -2.51. The molecule has 1 aromatic rings. The Hall–Kier alpha value is -1.87. The van der Waals surface area contributed by atoms with Gasteiger partial charge in [0.2, 0.25) is 11.8 Å². The number of carbonyl (C=O) groups is 2. The monoisotopic (exact) mass is 359 g/mol. The fourth-order valence-corrected chi connectivity index (χ4v) is 5.01. The van der Waals surface area contributed by atoms with Crippen LogP contribution in [-0.4, -0.2) is 29.3 Å². The summed E-state index contributed by atoms with van der Waals surface area (Å²) in [6.07, 6.45) is 6.75. The molecule has 1 atom stereocenters. The minimum absolute atomic E-state index is 0.0332. The molecule has 2 heterocycles. The molecule has 1 N–H and O–H groups in total. The van der Waals surface area contributed by atoms with E-state index in [1.54, 1.807) is 4.90 Å². The van der Waals surface area contributed by atoms with Gasteiger partial charge in [0.15, 0.2) is 0 Å². The van der Waals surface area contributed by atoms with Gasteiger partial charge in [0.05, 0.1) is 5.56 Å². The highest BCUT2D eigenvalue weighted by Gasteiger charge is 2.34. The van der Waals surface area contributed by atoms with Crippen LogP contribution in [-0.2, 0) is 22.4 Å². The molecule has 0 aromatic carbocycles. The van der Waals surface area contributed by atoms with E-state index >= 15 is 0 Å². The van der Waals surface area contributed by atoms with Crippen molar-refractivity contribution in [2.75, 3.05) is 11.9 Å². The Balaban J connectivity index is 1.80. The number of nitrogens with zero attached hydrogens (tertiary/aromatic N) is 2. The van der Waals surface area contributed by atoms with Crippen LogP contribution in [0.2, 0.25) is 0 Å². The predicted octanol–water partition coefficient (Wildman–Crippen LogP) is 3.47. The van der Waals surface area contributed by atoms with Crippen LogP contribution in [0, 0.1) is 17.2 Å². The van der Waals surface area contributed by atoms with Crippen LogP contribution < -0.4 is 5.32 Å². The first-order valence-electron chi connectivity index (χ1n) is 9.19. The third-order valence-electron chi connectivity index (χ3n) is 5.10. The number of nitriles is 1. The summed E-state index contributed by atoms with van der Waals surface area (Å²) in [5.74, 6) is -0.230. The molecule has 1 aliphatic carbocycles. The molecule has 1 aliphatic heterocycles. The first-order valence-corrected chi connectivity index (χ1v) is 10.0. The molecule has 0 saturated carbocycles. The number of amides is 2. The second-order valence-corrected chi connectivity index (χ2v) is 8.32. The Kier molecular flexibility index (Phi) is 5.43. The molecule has 1 saturated heterocycles. The van der Waals surface area contributed by atoms with Crippen molar-refractivity contribution < 1.29 is 9.59 Å². The molecule has 5 nitrogen and oxygen atoms in total. The van der Waals surface area contributed by atoms with Crippen LogP contribution >= 0.6 is 11.3 Å². The third-order valence-corrected chi connectivity index (χ3v) is 6.31. The Morgan fingerprint density at radius 2 is 2.00 bits per heavy atom. The van der Waals surface area contributed by atoms with E-state index in [4.69, 9.17) is 0 Å². The van der Waals surface area contributed by atoms with Crippen molar-refractivity contribution in [1.82, 2.24) is 4.90 Å². The highest BCUT2D eigenvalue weighted by Crippen LogP contribution is 2.38. The van der Waals surface area contributed by atoms with Gasteiger partial charge in [0, 0.05) is 17.3 Å². The zero-order valence-corrected chi connectivity index (χ0v) is 15.7. The maximum absolute atomic E-state index is 12.9. The van der Waals surface area contributed by atoms with Crippen LogP contribution in [0.5, 0.6) is 0 Å². The number of fused-ring (bicyclic) bond motifs is 1. The van der Waals surface area contributed by atoms with Crippen LogP contribution in [0.25, 0.3) is 0 Å². The van der Waals surface area contributed by atoms with Crippen LogP contribution in [0.3, 0.4) is 0 Å². The van der Waals surface area contributed by atoms with Gasteiger partial charge < -0.3 is 10.2 Å². The minimum atomic E-state index is -0.422. The molecule has 0 spiro atoms. The average Bonchev–Trinajstić information content (AvgIpc) is 2.97. The fourth-order valence-electron chi connectivity index (χ4n) is 3.77. The zero-order valence-electron chi connectivity index (χ0n) is 14.9. The number of thiophene rings is 1. The Morgan fingerprint density at radius 3 is 2.72 bits per heavy atom. The number of piperidine rings is 1. The van der Waals surface area contributed by atoms with Crippen molar-refractivity contribution in [2.45, 2.75) is 64.8 Å². The Bertz CT molecular complexity index is 717. The number of likely N-dealkylation sites (tertiary alicyclic amines) is 1. The van der Waals surface area contributed by atoms with E-state index in [2.05, 4.69) is 11.4 Å². The molecule has 1 fully saturated rings. The molecule has 6 heteroatoms. The SMILES string of the molecule is CC(C)C(=O)N1CCCC[C@@H]1C(=O)Nc1sc2c(c1C#N)CCCC2. The number of hydrogen-bond donors (Lipinski definition) is 1. The quantitative estimate of drug-likeness (QED) is 0.898. The molecule has 1 aromatic heterocycles. The molecule has 25 heavy (non-hydrogen) atoms. The second kappa shape index (κ2) is 7.57. The van der Waals surface area contributed by atoms with Crippen molar-refractivity contribution in [2.24, 2.45) is 5.92 Å². The number of nitrogens with one attached hydrogen (secondary N) is 1. The lowest BCUT2D eigenvalue weighted by atomic mass is 9.96. The lowest BCUT2D eigenvalue weighted by molar-refractivity contribution is -0.142. The van der Waals surface area contributed by atoms with E-state index < -0.39 is 6.04 Å². The van der Waals surface area contributed by atoms with Gasteiger partial charge in [-0.1, -0.05) is 13.8 Å². The topological polar surface area (TPSA) is 73.2 Å². The molecule has 2 aliphatic rings. The van der Waals surface area contributed by atoms with Crippen molar-refractivity contribution in [3.8, 4) is 6.07 Å². The van der Waals surface area contributed by atoms with Gasteiger partial charge in [0.25, 0.3) is 0 Å². The standard InChI is InChI=1S/C19H25N3O2S/c1-12(2)19(24)22-10-6-5-8-15(22)17(23)21-18-14(11-20)13-7-3-4-9-16(13)25-18/h12,15H,3-10H2,1-2H3,(H,21,23)/t15-/m1/s1. The summed E-state index contributed by atoms with van der Waals surface area (Å²) in [5, 5.41) is 13.2. The van der Waals surface area contributed by atoms with Gasteiger partial charge in [-0.05, 0) is 50.5 Å². The maximum atomic E-state index is 12.9. The summed E-state index contributed by atoms with van der Waals surface area (Å²) in [6.45, 7) is 4.38. The summed E-state index contributed by atoms with van der Waals surface area (Å²) >= 11 is 1.54. The molecular weight excluding hydrogens is 334 g/mol. The van der Waals surface area contributed by atoms with E-state index in [0.717, 1.165) is 44.1 Å². The predicted molar refractivity (Wildman–Crippen MR) is 98.5 cm³/mol. The van der Waals surface area contributed by atoms with E-state index in [-0.39, 0.29) is 17.7 Å². The molecule has 2 amide bonds. The minimum Gasteiger partial charge on any atom is -0.330 e. The second-order valence-electron chi connectivity index (χ2n) is 7.21. The van der Waals surface area contributed by atoms with Crippen LogP contribution in [0.15, 0.2) is 0 Å². The maximum Gasteiger partial charge on any atom is 0.247 e. The summed E-state index contributed by atoms with van der Waals surface area (Å²) in [4.78, 5) is 28.3. The first-order chi connectivity index (χ1) is 12.0. The smallest absolute Gasteiger partial charge is 0.247 e. The van der Waals surface area contributed by atoms with Gasteiger partial charge >= 0.3 is 0 Å². The molecular formula is C19H25N3O2S. The summed E-state index contributed by atoms with van der Waals surface area (Å²) in [7, 11) is 0. The number of aryl methyl sites for hydroxylation is 1. The average molecular weight is 359 g/mol. The Labute approximate surface area is 153 Å². The molecule has 0 unspecified atom stereocenters. The fraction of sp³-hybridized carbons (Fsp3) is 0.632. The van der Waals surface area contributed by atoms with Gasteiger partial charge in [-0.3, -0.25) is 9.59 Å². The molecule has 134 valence electrons. The highest BCUT2D eigenvalue weighted by atomic mass is 32.1.